The van der Waals surface area contributed by atoms with Crippen LogP contribution in [0, 0.1) is 0 Å². The van der Waals surface area contributed by atoms with Crippen molar-refractivity contribution in [2.45, 2.75) is 13.3 Å². The number of aryl methyl sites for hydroxylation is 1. The predicted octanol–water partition coefficient (Wildman–Crippen LogP) is 2.82. The second-order valence-corrected chi connectivity index (χ2v) is 5.20. The molecule has 118 valence electrons. The molecule has 0 spiro atoms. The fourth-order valence-electron chi connectivity index (χ4n) is 1.48. The summed E-state index contributed by atoms with van der Waals surface area (Å²) >= 11 is 0. The van der Waals surface area contributed by atoms with Gasteiger partial charge in [0.2, 0.25) is 0 Å². The molecule has 0 aliphatic heterocycles. The third-order valence-corrected chi connectivity index (χ3v) is 2.96. The van der Waals surface area contributed by atoms with E-state index in [-0.39, 0.29) is 5.75 Å². The molecule has 2 aromatic rings. The summed E-state index contributed by atoms with van der Waals surface area (Å²) in [6.07, 6.45) is 0.867. The van der Waals surface area contributed by atoms with Crippen molar-refractivity contribution in [2.24, 2.45) is 0 Å². The van der Waals surface area contributed by atoms with Crippen LogP contribution in [0.3, 0.4) is 0 Å². The summed E-state index contributed by atoms with van der Waals surface area (Å²) in [7, 11) is -4.40. The molecule has 6 nitrogen and oxygen atoms in total. The van der Waals surface area contributed by atoms with Gasteiger partial charge in [0, 0.05) is 0 Å². The third-order valence-electron chi connectivity index (χ3n) is 2.55. The van der Waals surface area contributed by atoms with E-state index in [4.69, 9.17) is 9.66 Å². The summed E-state index contributed by atoms with van der Waals surface area (Å²) in [6, 6.07) is 14.8. The first kappa shape index (κ1) is 17.7. The van der Waals surface area contributed by atoms with Crippen LogP contribution in [0.2, 0.25) is 0 Å². The van der Waals surface area contributed by atoms with Gasteiger partial charge in [0.25, 0.3) is 0 Å². The van der Waals surface area contributed by atoms with Crippen molar-refractivity contribution in [3.63, 3.8) is 0 Å². The van der Waals surface area contributed by atoms with Crippen LogP contribution in [-0.4, -0.2) is 24.0 Å². The number of aromatic carboxylic acids is 1. The van der Waals surface area contributed by atoms with Crippen molar-refractivity contribution in [3.8, 4) is 5.75 Å². The highest BCUT2D eigenvalue weighted by molar-refractivity contribution is 7.81. The predicted molar refractivity (Wildman–Crippen MR) is 81.4 cm³/mol. The van der Waals surface area contributed by atoms with Gasteiger partial charge in [-0.15, -0.1) is 0 Å². The lowest BCUT2D eigenvalue weighted by molar-refractivity contribution is 0.0697. The van der Waals surface area contributed by atoms with E-state index in [2.05, 4.69) is 4.18 Å². The Morgan fingerprint density at radius 3 is 1.95 bits per heavy atom. The molecule has 0 radical (unpaired) electrons. The summed E-state index contributed by atoms with van der Waals surface area (Å²) in [6.45, 7) is 1.98. The Bertz CT molecular complexity index is 693. The summed E-state index contributed by atoms with van der Waals surface area (Å²) in [5, 5.41) is 8.38. The molecule has 2 aromatic carbocycles. The fourth-order valence-corrected chi connectivity index (χ4v) is 1.84. The van der Waals surface area contributed by atoms with Gasteiger partial charge < -0.3 is 9.29 Å². The van der Waals surface area contributed by atoms with E-state index in [0.29, 0.717) is 5.56 Å². The summed E-state index contributed by atoms with van der Waals surface area (Å²) in [4.78, 5) is 10.2. The van der Waals surface area contributed by atoms with Crippen LogP contribution in [0.25, 0.3) is 0 Å². The maximum atomic E-state index is 10.3. The highest BCUT2D eigenvalue weighted by Gasteiger charge is 2.05. The van der Waals surface area contributed by atoms with Crippen molar-refractivity contribution in [3.05, 3.63) is 65.7 Å². The molecule has 0 amide bonds. The first-order chi connectivity index (χ1) is 10.3. The van der Waals surface area contributed by atoms with E-state index in [1.807, 2.05) is 6.92 Å². The number of carbonyl (C=O) groups is 1. The second kappa shape index (κ2) is 8.16. The van der Waals surface area contributed by atoms with Crippen molar-refractivity contribution in [2.75, 3.05) is 0 Å². The molecule has 0 aliphatic carbocycles. The smallest absolute Gasteiger partial charge is 0.446 e. The van der Waals surface area contributed by atoms with E-state index in [1.165, 1.54) is 12.1 Å². The zero-order chi connectivity index (χ0) is 16.6. The maximum absolute atomic E-state index is 10.3. The van der Waals surface area contributed by atoms with Gasteiger partial charge in [0.1, 0.15) is 5.75 Å². The van der Waals surface area contributed by atoms with Crippen molar-refractivity contribution in [1.29, 1.82) is 0 Å². The van der Waals surface area contributed by atoms with Gasteiger partial charge in [-0.1, -0.05) is 37.3 Å². The standard InChI is InChI=1S/C8H10O4S.C7H6O2/c1-2-7-3-5-8(6-4-7)12-13(9,10)11;8-7(9)6-4-2-1-3-5-6/h3-6H,2H2,1H3,(H,9,10,11);1-5H,(H,8,9). The Morgan fingerprint density at radius 2 is 1.59 bits per heavy atom. The first-order valence-electron chi connectivity index (χ1n) is 6.36. The lowest BCUT2D eigenvalue weighted by Crippen LogP contribution is -2.06. The lowest BCUT2D eigenvalue weighted by Gasteiger charge is -2.01. The van der Waals surface area contributed by atoms with Gasteiger partial charge in [0.15, 0.2) is 0 Å². The number of hydrogen-bond acceptors (Lipinski definition) is 4. The van der Waals surface area contributed by atoms with E-state index < -0.39 is 16.4 Å². The van der Waals surface area contributed by atoms with Gasteiger partial charge in [-0.3, -0.25) is 4.55 Å². The number of carboxylic acid groups (broad SMARTS) is 1. The van der Waals surface area contributed by atoms with Crippen LogP contribution in [-0.2, 0) is 16.8 Å². The molecule has 0 aliphatic rings. The minimum Gasteiger partial charge on any atom is -0.478 e. The molecule has 22 heavy (non-hydrogen) atoms. The van der Waals surface area contributed by atoms with E-state index in [0.717, 1.165) is 12.0 Å². The van der Waals surface area contributed by atoms with Crippen LogP contribution in [0.15, 0.2) is 54.6 Å². The SMILES string of the molecule is CCc1ccc(OS(=O)(=O)O)cc1.O=C(O)c1ccccc1. The van der Waals surface area contributed by atoms with Crippen molar-refractivity contribution >= 4 is 16.4 Å². The average Bonchev–Trinajstić information content (AvgIpc) is 2.48. The van der Waals surface area contributed by atoms with Gasteiger partial charge in [-0.05, 0) is 36.2 Å². The first-order valence-corrected chi connectivity index (χ1v) is 7.72. The molecule has 0 heterocycles. The molecule has 7 heteroatoms. The largest absolute Gasteiger partial charge is 0.478 e. The average molecular weight is 324 g/mol. The van der Waals surface area contributed by atoms with Gasteiger partial charge >= 0.3 is 16.4 Å². The molecule has 2 rings (SSSR count). The molecule has 0 unspecified atom stereocenters. The highest BCUT2D eigenvalue weighted by atomic mass is 32.3. The number of carboxylic acids is 1. The molecule has 0 saturated heterocycles. The molecule has 0 atom stereocenters. The van der Waals surface area contributed by atoms with Gasteiger partial charge in [-0.2, -0.15) is 8.42 Å². The molecular formula is C15H16O6S. The molecule has 2 N–H and O–H groups in total. The minimum absolute atomic E-state index is 0.111. The maximum Gasteiger partial charge on any atom is 0.446 e. The molecule has 0 aromatic heterocycles. The van der Waals surface area contributed by atoms with Crippen LogP contribution in [0.1, 0.15) is 22.8 Å². The molecule has 0 fully saturated rings. The number of rotatable bonds is 4. The van der Waals surface area contributed by atoms with Gasteiger partial charge in [-0.25, -0.2) is 4.79 Å². The zero-order valence-corrected chi connectivity index (χ0v) is 12.7. The summed E-state index contributed by atoms with van der Waals surface area (Å²) < 4.78 is 33.2. The quantitative estimate of drug-likeness (QED) is 0.839. The van der Waals surface area contributed by atoms with Crippen LogP contribution in [0.5, 0.6) is 5.75 Å². The minimum atomic E-state index is -4.40. The Hall–Kier alpha value is -2.38. The Morgan fingerprint density at radius 1 is 1.05 bits per heavy atom. The van der Waals surface area contributed by atoms with Crippen LogP contribution < -0.4 is 4.18 Å². The topological polar surface area (TPSA) is 101 Å². The van der Waals surface area contributed by atoms with Crippen LogP contribution >= 0.6 is 0 Å². The monoisotopic (exact) mass is 324 g/mol. The van der Waals surface area contributed by atoms with E-state index in [1.54, 1.807) is 42.5 Å². The van der Waals surface area contributed by atoms with E-state index >= 15 is 0 Å². The lowest BCUT2D eigenvalue weighted by atomic mass is 10.2. The number of hydrogen-bond donors (Lipinski definition) is 2. The second-order valence-electron chi connectivity index (χ2n) is 4.18. The normalized spacial score (nSPS) is 10.3. The molecular weight excluding hydrogens is 308 g/mol. The fraction of sp³-hybridized carbons (Fsp3) is 0.133. The number of benzene rings is 2. The molecule has 0 saturated carbocycles. The zero-order valence-electron chi connectivity index (χ0n) is 11.8. The Kier molecular flexibility index (Phi) is 6.55. The third kappa shape index (κ3) is 6.87. The van der Waals surface area contributed by atoms with Crippen LogP contribution in [0.4, 0.5) is 0 Å². The Balaban J connectivity index is 0.000000235. The van der Waals surface area contributed by atoms with Crippen molar-refractivity contribution < 1.29 is 27.1 Å². The summed E-state index contributed by atoms with van der Waals surface area (Å²) in [5.41, 5.74) is 1.40. The Labute approximate surface area is 128 Å². The molecule has 0 bridgehead atoms. The van der Waals surface area contributed by atoms with E-state index in [9.17, 15) is 13.2 Å². The van der Waals surface area contributed by atoms with Crippen molar-refractivity contribution in [1.82, 2.24) is 0 Å². The van der Waals surface area contributed by atoms with Gasteiger partial charge in [0.05, 0.1) is 5.56 Å². The summed E-state index contributed by atoms with van der Waals surface area (Å²) in [5.74, 6) is -0.768. The highest BCUT2D eigenvalue weighted by Crippen LogP contribution is 2.13.